The summed E-state index contributed by atoms with van der Waals surface area (Å²) in [7, 11) is 1.83. The van der Waals surface area contributed by atoms with Crippen LogP contribution in [0, 0.1) is 13.8 Å². The average Bonchev–Trinajstić information content (AvgIpc) is 3.18. The van der Waals surface area contributed by atoms with Crippen molar-refractivity contribution in [3.8, 4) is 0 Å². The zero-order chi connectivity index (χ0) is 26.2. The number of hydrogen-bond donors (Lipinski definition) is 1. The van der Waals surface area contributed by atoms with Crippen molar-refractivity contribution in [1.82, 2.24) is 30.0 Å². The van der Waals surface area contributed by atoms with E-state index in [2.05, 4.69) is 34.3 Å². The van der Waals surface area contributed by atoms with Crippen LogP contribution in [0.3, 0.4) is 0 Å². The van der Waals surface area contributed by atoms with Gasteiger partial charge in [0, 0.05) is 37.6 Å². The number of rotatable bonds is 11. The molecule has 0 saturated carbocycles. The van der Waals surface area contributed by atoms with E-state index in [0.29, 0.717) is 29.2 Å². The second kappa shape index (κ2) is 12.8. The van der Waals surface area contributed by atoms with E-state index in [1.807, 2.05) is 81.2 Å². The van der Waals surface area contributed by atoms with Crippen LogP contribution in [0.25, 0.3) is 6.20 Å². The van der Waals surface area contributed by atoms with Crippen LogP contribution >= 0.6 is 11.6 Å². The van der Waals surface area contributed by atoms with Gasteiger partial charge >= 0.3 is 0 Å². The summed E-state index contributed by atoms with van der Waals surface area (Å²) in [6.07, 6.45) is 5.76. The third-order valence-electron chi connectivity index (χ3n) is 6.56. The fraction of sp³-hybridized carbons (Fsp3) is 0.429. The predicted octanol–water partition coefficient (Wildman–Crippen LogP) is 5.29. The summed E-state index contributed by atoms with van der Waals surface area (Å²) < 4.78 is 1.94. The van der Waals surface area contributed by atoms with Crippen LogP contribution in [0.4, 0.5) is 0 Å². The lowest BCUT2D eigenvalue weighted by Crippen LogP contribution is -2.34. The fourth-order valence-corrected chi connectivity index (χ4v) is 4.48. The molecule has 7 nitrogen and oxygen atoms in total. The molecule has 0 aliphatic rings. The van der Waals surface area contributed by atoms with Gasteiger partial charge < -0.3 is 10.2 Å². The van der Waals surface area contributed by atoms with E-state index >= 15 is 0 Å². The summed E-state index contributed by atoms with van der Waals surface area (Å²) in [5.74, 6) is 1.99. The molecule has 2 aromatic heterocycles. The Balaban J connectivity index is 1.52. The van der Waals surface area contributed by atoms with Gasteiger partial charge in [0.1, 0.15) is 16.8 Å². The fourth-order valence-electron chi connectivity index (χ4n) is 4.37. The Morgan fingerprint density at radius 1 is 1.14 bits per heavy atom. The molecular formula is C28H37ClN6O. The van der Waals surface area contributed by atoms with Crippen LogP contribution < -0.4 is 5.32 Å². The predicted molar refractivity (Wildman–Crippen MR) is 146 cm³/mol. The highest BCUT2D eigenvalue weighted by atomic mass is 35.5. The number of carbonyl (C=O) groups is 1. The van der Waals surface area contributed by atoms with Gasteiger partial charge in [-0.1, -0.05) is 43.6 Å². The number of carbonyl (C=O) groups excluding carboxylic acids is 1. The molecule has 3 aromatic rings. The summed E-state index contributed by atoms with van der Waals surface area (Å²) in [4.78, 5) is 18.9. The average molecular weight is 509 g/mol. The Morgan fingerprint density at radius 2 is 1.81 bits per heavy atom. The van der Waals surface area contributed by atoms with Gasteiger partial charge in [0.05, 0.1) is 0 Å². The molecule has 0 aliphatic carbocycles. The lowest BCUT2D eigenvalue weighted by Gasteiger charge is -2.24. The number of amides is 1. The minimum atomic E-state index is 0.000991. The molecule has 0 fully saturated rings. The first kappa shape index (κ1) is 27.6. The molecule has 1 N–H and O–H groups in total. The molecule has 36 heavy (non-hydrogen) atoms. The van der Waals surface area contributed by atoms with Crippen LogP contribution in [-0.2, 0) is 6.42 Å². The van der Waals surface area contributed by atoms with Gasteiger partial charge in [-0.2, -0.15) is 0 Å². The first-order chi connectivity index (χ1) is 17.2. The van der Waals surface area contributed by atoms with Gasteiger partial charge in [0.25, 0.3) is 5.91 Å². The Kier molecular flexibility index (Phi) is 9.79. The molecule has 0 aliphatic heterocycles. The number of aromatic nitrogens is 4. The van der Waals surface area contributed by atoms with E-state index in [1.54, 1.807) is 4.90 Å². The molecule has 0 bridgehead atoms. The van der Waals surface area contributed by atoms with E-state index in [0.717, 1.165) is 36.6 Å². The van der Waals surface area contributed by atoms with Gasteiger partial charge in [-0.3, -0.25) is 9.36 Å². The molecule has 3 rings (SSSR count). The molecule has 2 atom stereocenters. The topological polar surface area (TPSA) is 75.9 Å². The van der Waals surface area contributed by atoms with Crippen molar-refractivity contribution >= 4 is 23.7 Å². The van der Waals surface area contributed by atoms with E-state index in [9.17, 15) is 4.79 Å². The van der Waals surface area contributed by atoms with Crippen molar-refractivity contribution in [2.75, 3.05) is 20.1 Å². The third kappa shape index (κ3) is 7.24. The number of hydrogen-bond acceptors (Lipinski definition) is 5. The molecule has 1 aromatic carbocycles. The van der Waals surface area contributed by atoms with Crippen molar-refractivity contribution in [1.29, 1.82) is 0 Å². The number of pyridine rings is 1. The normalized spacial score (nSPS) is 13.5. The van der Waals surface area contributed by atoms with Crippen LogP contribution in [0.1, 0.15) is 66.2 Å². The quantitative estimate of drug-likeness (QED) is 0.356. The molecule has 0 radical (unpaired) electrons. The zero-order valence-electron chi connectivity index (χ0n) is 22.1. The Morgan fingerprint density at radius 3 is 2.39 bits per heavy atom. The number of nitrogens with one attached hydrogen (secondary N) is 1. The minimum Gasteiger partial charge on any atom is -0.338 e. The first-order valence-corrected chi connectivity index (χ1v) is 12.8. The summed E-state index contributed by atoms with van der Waals surface area (Å²) >= 11 is 5.93. The highest BCUT2D eigenvalue weighted by Gasteiger charge is 2.17. The van der Waals surface area contributed by atoms with Crippen LogP contribution in [0.15, 0.2) is 48.2 Å². The van der Waals surface area contributed by atoms with Crippen LogP contribution in [0.2, 0.25) is 5.15 Å². The Labute approximate surface area is 219 Å². The van der Waals surface area contributed by atoms with E-state index in [1.165, 1.54) is 11.1 Å². The number of likely N-dealkylation sites (N-methyl/N-ethyl adjacent to an activating group) is 1. The lowest BCUT2D eigenvalue weighted by molar-refractivity contribution is 0.0807. The van der Waals surface area contributed by atoms with Crippen molar-refractivity contribution in [3.63, 3.8) is 0 Å². The number of nitrogens with zero attached hydrogens (tertiary/aromatic N) is 5. The molecular weight excluding hydrogens is 472 g/mol. The molecule has 192 valence electrons. The highest BCUT2D eigenvalue weighted by Crippen LogP contribution is 2.21. The highest BCUT2D eigenvalue weighted by molar-refractivity contribution is 6.29. The standard InChI is InChI=1S/C28H37ClN6O/c1-7-26(20(3)25-12-13-27(29)31-16-25)30-15-14-23-8-10-24(11-9-23)28(36)34(6)17-19(2)18-35-21(4)32-33-22(35)5/h8-13,16,18,20,26,30H,7,14-15,17H2,1-6H3/b19-18+/t20?,26-/m1/s1. The maximum atomic E-state index is 12.9. The van der Waals surface area contributed by atoms with Crippen molar-refractivity contribution in [2.45, 2.75) is 59.4 Å². The van der Waals surface area contributed by atoms with Gasteiger partial charge in [-0.15, -0.1) is 10.2 Å². The summed E-state index contributed by atoms with van der Waals surface area (Å²) in [5, 5.41) is 12.4. The minimum absolute atomic E-state index is 0.000991. The second-order valence-corrected chi connectivity index (χ2v) is 9.81. The van der Waals surface area contributed by atoms with E-state index in [-0.39, 0.29) is 5.91 Å². The zero-order valence-corrected chi connectivity index (χ0v) is 22.9. The Hall–Kier alpha value is -3.03. The number of aryl methyl sites for hydroxylation is 2. The summed E-state index contributed by atoms with van der Waals surface area (Å²) in [5.41, 5.74) is 4.12. The van der Waals surface area contributed by atoms with E-state index < -0.39 is 0 Å². The summed E-state index contributed by atoms with van der Waals surface area (Å²) in [6.45, 7) is 11.6. The molecule has 0 spiro atoms. The largest absolute Gasteiger partial charge is 0.338 e. The van der Waals surface area contributed by atoms with E-state index in [4.69, 9.17) is 11.6 Å². The summed E-state index contributed by atoms with van der Waals surface area (Å²) in [6, 6.07) is 12.2. The SMILES string of the molecule is CC[C@@H](NCCc1ccc(C(=O)N(C)C/C(C)=C/n2c(C)nnc2C)cc1)C(C)c1ccc(Cl)nc1. The Bertz CT molecular complexity index is 1150. The molecule has 0 saturated heterocycles. The molecule has 1 unspecified atom stereocenters. The van der Waals surface area contributed by atoms with Crippen LogP contribution in [0.5, 0.6) is 0 Å². The molecule has 1 amide bonds. The van der Waals surface area contributed by atoms with Gasteiger partial charge in [0.15, 0.2) is 0 Å². The van der Waals surface area contributed by atoms with Crippen molar-refractivity contribution in [2.24, 2.45) is 0 Å². The maximum absolute atomic E-state index is 12.9. The third-order valence-corrected chi connectivity index (χ3v) is 6.78. The number of benzene rings is 1. The second-order valence-electron chi connectivity index (χ2n) is 9.42. The van der Waals surface area contributed by atoms with Crippen molar-refractivity contribution in [3.05, 3.63) is 81.7 Å². The molecule has 2 heterocycles. The maximum Gasteiger partial charge on any atom is 0.253 e. The monoisotopic (exact) mass is 508 g/mol. The van der Waals surface area contributed by atoms with Crippen LogP contribution in [-0.4, -0.2) is 56.7 Å². The van der Waals surface area contributed by atoms with Gasteiger partial charge in [-0.05, 0) is 81.0 Å². The first-order valence-electron chi connectivity index (χ1n) is 12.4. The van der Waals surface area contributed by atoms with Gasteiger partial charge in [-0.25, -0.2) is 4.98 Å². The molecule has 8 heteroatoms. The lowest BCUT2D eigenvalue weighted by atomic mass is 9.92. The van der Waals surface area contributed by atoms with Gasteiger partial charge in [0.2, 0.25) is 0 Å². The van der Waals surface area contributed by atoms with Crippen molar-refractivity contribution < 1.29 is 4.79 Å². The number of halogens is 1. The smallest absolute Gasteiger partial charge is 0.253 e.